The number of hydrogen-bond acceptors (Lipinski definition) is 1. The lowest BCUT2D eigenvalue weighted by Gasteiger charge is -2.26. The highest BCUT2D eigenvalue weighted by atomic mass is 16.3. The standard InChI is InChI=1S/C48H40O/c1-47(2,3)44-34-20-11-7-16-30(34)42(31-17-8-12-21-35(31)44)29-26-27-41-40(28-29)38-24-15-25-39(46(38)49-41)43-32-18-9-13-22-36(32)45(48(4,5)6)37-23-14-10-19-33(37)43/h7-28H,1-6H3. The maximum atomic E-state index is 6.86. The summed E-state index contributed by atoms with van der Waals surface area (Å²) in [6.45, 7) is 13.9. The van der Waals surface area contributed by atoms with Crippen LogP contribution in [0.15, 0.2) is 138 Å². The third-order valence-corrected chi connectivity index (χ3v) is 10.4. The van der Waals surface area contributed by atoms with Crippen LogP contribution < -0.4 is 0 Å². The minimum Gasteiger partial charge on any atom is -0.455 e. The molecule has 0 unspecified atom stereocenters. The van der Waals surface area contributed by atoms with E-state index in [4.69, 9.17) is 4.42 Å². The van der Waals surface area contributed by atoms with E-state index in [0.717, 1.165) is 27.5 Å². The number of fused-ring (bicyclic) bond motifs is 7. The van der Waals surface area contributed by atoms with Gasteiger partial charge in [-0.05, 0) is 88.3 Å². The van der Waals surface area contributed by atoms with Crippen LogP contribution in [0.5, 0.6) is 0 Å². The number of benzene rings is 8. The van der Waals surface area contributed by atoms with Gasteiger partial charge in [-0.2, -0.15) is 0 Å². The average Bonchev–Trinajstić information content (AvgIpc) is 3.46. The van der Waals surface area contributed by atoms with Gasteiger partial charge in [0.05, 0.1) is 0 Å². The Bertz CT molecular complexity index is 2660. The first-order valence-electron chi connectivity index (χ1n) is 17.4. The second-order valence-corrected chi connectivity index (χ2v) is 15.7. The molecule has 0 fully saturated rings. The molecule has 0 spiro atoms. The number of rotatable bonds is 2. The van der Waals surface area contributed by atoms with Gasteiger partial charge in [0, 0.05) is 21.9 Å². The van der Waals surface area contributed by atoms with Crippen LogP contribution in [-0.2, 0) is 10.8 Å². The molecule has 0 bridgehead atoms. The summed E-state index contributed by atoms with van der Waals surface area (Å²) in [6, 6.07) is 49.1. The predicted octanol–water partition coefficient (Wildman–Crippen LogP) is 14.1. The van der Waals surface area contributed by atoms with Crippen molar-refractivity contribution >= 4 is 65.0 Å². The molecule has 49 heavy (non-hydrogen) atoms. The Morgan fingerprint density at radius 2 is 0.776 bits per heavy atom. The second-order valence-electron chi connectivity index (χ2n) is 15.7. The molecule has 0 aliphatic carbocycles. The Labute approximate surface area is 287 Å². The van der Waals surface area contributed by atoms with Crippen molar-refractivity contribution in [2.75, 3.05) is 0 Å². The van der Waals surface area contributed by atoms with Crippen molar-refractivity contribution in [2.24, 2.45) is 0 Å². The van der Waals surface area contributed by atoms with E-state index in [1.807, 2.05) is 0 Å². The highest BCUT2D eigenvalue weighted by Crippen LogP contribution is 2.48. The fourth-order valence-electron chi connectivity index (χ4n) is 8.62. The summed E-state index contributed by atoms with van der Waals surface area (Å²) in [5, 5.41) is 12.6. The highest BCUT2D eigenvalue weighted by molar-refractivity contribution is 6.21. The molecule has 0 aliphatic heterocycles. The molecule has 0 atom stereocenters. The van der Waals surface area contributed by atoms with Gasteiger partial charge in [0.25, 0.3) is 0 Å². The summed E-state index contributed by atoms with van der Waals surface area (Å²) in [6.07, 6.45) is 0. The van der Waals surface area contributed by atoms with Crippen LogP contribution in [0.2, 0.25) is 0 Å². The Balaban J connectivity index is 1.35. The third kappa shape index (κ3) is 4.45. The molecular formula is C48H40O. The molecule has 9 aromatic rings. The Kier molecular flexibility index (Phi) is 6.40. The van der Waals surface area contributed by atoms with Crippen LogP contribution in [0.1, 0.15) is 52.7 Å². The molecule has 0 amide bonds. The van der Waals surface area contributed by atoms with Gasteiger partial charge in [0.15, 0.2) is 0 Å². The maximum Gasteiger partial charge on any atom is 0.143 e. The first-order chi connectivity index (χ1) is 23.6. The molecule has 8 aromatic carbocycles. The van der Waals surface area contributed by atoms with Gasteiger partial charge >= 0.3 is 0 Å². The molecule has 9 rings (SSSR count). The van der Waals surface area contributed by atoms with Gasteiger partial charge in [0.2, 0.25) is 0 Å². The third-order valence-electron chi connectivity index (χ3n) is 10.4. The lowest BCUT2D eigenvalue weighted by atomic mass is 9.78. The zero-order valence-electron chi connectivity index (χ0n) is 29.1. The average molecular weight is 633 g/mol. The molecule has 0 saturated carbocycles. The molecule has 0 saturated heterocycles. The van der Waals surface area contributed by atoms with Gasteiger partial charge < -0.3 is 4.42 Å². The topological polar surface area (TPSA) is 13.1 Å². The molecule has 0 radical (unpaired) electrons. The minimum absolute atomic E-state index is 0.00171. The Morgan fingerprint density at radius 3 is 1.22 bits per heavy atom. The van der Waals surface area contributed by atoms with E-state index in [9.17, 15) is 0 Å². The van der Waals surface area contributed by atoms with Gasteiger partial charge in [-0.1, -0.05) is 163 Å². The Morgan fingerprint density at radius 1 is 0.367 bits per heavy atom. The van der Waals surface area contributed by atoms with E-state index in [0.29, 0.717) is 0 Å². The predicted molar refractivity (Wildman–Crippen MR) is 212 cm³/mol. The second kappa shape index (κ2) is 10.5. The van der Waals surface area contributed by atoms with Crippen molar-refractivity contribution < 1.29 is 4.42 Å². The van der Waals surface area contributed by atoms with Gasteiger partial charge in [0.1, 0.15) is 11.2 Å². The largest absolute Gasteiger partial charge is 0.455 e. The summed E-state index contributed by atoms with van der Waals surface area (Å²) in [4.78, 5) is 0. The molecular weight excluding hydrogens is 593 g/mol. The van der Waals surface area contributed by atoms with Gasteiger partial charge in [-0.25, -0.2) is 0 Å². The summed E-state index contributed by atoms with van der Waals surface area (Å²) in [5.74, 6) is 0. The zero-order valence-corrected chi connectivity index (χ0v) is 29.1. The van der Waals surface area contributed by atoms with Gasteiger partial charge in [-0.3, -0.25) is 0 Å². The van der Waals surface area contributed by atoms with E-state index in [1.54, 1.807) is 0 Å². The van der Waals surface area contributed by atoms with Crippen molar-refractivity contribution in [1.82, 2.24) is 0 Å². The van der Waals surface area contributed by atoms with Crippen LogP contribution in [-0.4, -0.2) is 0 Å². The van der Waals surface area contributed by atoms with Crippen molar-refractivity contribution in [3.8, 4) is 22.3 Å². The molecule has 238 valence electrons. The lowest BCUT2D eigenvalue weighted by molar-refractivity contribution is 0.601. The normalized spacial score (nSPS) is 12.7. The summed E-state index contributed by atoms with van der Waals surface area (Å²) in [5.41, 5.74) is 9.47. The molecule has 1 aromatic heterocycles. The van der Waals surface area contributed by atoms with Gasteiger partial charge in [-0.15, -0.1) is 0 Å². The number of hydrogen-bond donors (Lipinski definition) is 0. The van der Waals surface area contributed by atoms with Crippen molar-refractivity contribution in [2.45, 2.75) is 52.4 Å². The zero-order chi connectivity index (χ0) is 33.7. The lowest BCUT2D eigenvalue weighted by Crippen LogP contribution is -2.13. The first-order valence-corrected chi connectivity index (χ1v) is 17.4. The SMILES string of the molecule is CC(C)(C)c1c2ccccc2c(-c2ccc3oc4c(-c5c6ccccc6c(C(C)(C)C)c6ccccc56)cccc4c3c2)c2ccccc12. The summed E-state index contributed by atoms with van der Waals surface area (Å²) in [7, 11) is 0. The Hall–Kier alpha value is -5.40. The van der Waals surface area contributed by atoms with Crippen molar-refractivity contribution in [1.29, 1.82) is 0 Å². The fourth-order valence-corrected chi connectivity index (χ4v) is 8.62. The molecule has 0 aliphatic rings. The monoisotopic (exact) mass is 632 g/mol. The smallest absolute Gasteiger partial charge is 0.143 e. The molecule has 1 heterocycles. The van der Waals surface area contributed by atoms with E-state index < -0.39 is 0 Å². The fraction of sp³-hybridized carbons (Fsp3) is 0.167. The maximum absolute atomic E-state index is 6.86. The van der Waals surface area contributed by atoms with Crippen LogP contribution in [0, 0.1) is 0 Å². The van der Waals surface area contributed by atoms with Crippen LogP contribution >= 0.6 is 0 Å². The van der Waals surface area contributed by atoms with E-state index in [2.05, 4.69) is 175 Å². The molecule has 1 heteroatoms. The highest BCUT2D eigenvalue weighted by Gasteiger charge is 2.26. The number of furan rings is 1. The number of para-hydroxylation sites is 1. The van der Waals surface area contributed by atoms with Crippen molar-refractivity contribution in [3.05, 3.63) is 145 Å². The van der Waals surface area contributed by atoms with E-state index in [1.165, 1.54) is 70.9 Å². The van der Waals surface area contributed by atoms with Crippen LogP contribution in [0.3, 0.4) is 0 Å². The van der Waals surface area contributed by atoms with Crippen LogP contribution in [0.4, 0.5) is 0 Å². The van der Waals surface area contributed by atoms with E-state index in [-0.39, 0.29) is 10.8 Å². The van der Waals surface area contributed by atoms with Crippen molar-refractivity contribution in [3.63, 3.8) is 0 Å². The van der Waals surface area contributed by atoms with E-state index >= 15 is 0 Å². The summed E-state index contributed by atoms with van der Waals surface area (Å²) >= 11 is 0. The summed E-state index contributed by atoms with van der Waals surface area (Å²) < 4.78 is 6.86. The quantitative estimate of drug-likeness (QED) is 0.173. The van der Waals surface area contributed by atoms with Crippen LogP contribution in [0.25, 0.3) is 87.3 Å². The minimum atomic E-state index is -0.0149. The molecule has 1 nitrogen and oxygen atoms in total. The first kappa shape index (κ1) is 29.7. The molecule has 0 N–H and O–H groups in total.